The fourth-order valence-corrected chi connectivity index (χ4v) is 1.97. The highest BCUT2D eigenvalue weighted by Crippen LogP contribution is 2.25. The van der Waals surface area contributed by atoms with Crippen LogP contribution in [0.4, 0.5) is 5.82 Å². The number of aryl methyl sites for hydroxylation is 1. The predicted molar refractivity (Wildman–Crippen MR) is 73.3 cm³/mol. The second-order valence-corrected chi connectivity index (χ2v) is 4.43. The van der Waals surface area contributed by atoms with Crippen LogP contribution in [0.25, 0.3) is 11.4 Å². The van der Waals surface area contributed by atoms with Crippen LogP contribution in [0.3, 0.4) is 0 Å². The van der Waals surface area contributed by atoms with Gasteiger partial charge in [0.25, 0.3) is 0 Å². The van der Waals surface area contributed by atoms with Gasteiger partial charge in [0.15, 0.2) is 5.82 Å². The number of nitrogen functional groups attached to an aromatic ring is 1. The molecule has 0 fully saturated rings. The number of methoxy groups -OCH3 is 1. The molecule has 0 saturated carbocycles. The van der Waals surface area contributed by atoms with Crippen LogP contribution < -0.4 is 10.5 Å². The van der Waals surface area contributed by atoms with Gasteiger partial charge in [-0.3, -0.25) is 0 Å². The highest BCUT2D eigenvalue weighted by atomic mass is 79.9. The molecule has 0 atom stereocenters. The lowest BCUT2D eigenvalue weighted by atomic mass is 10.2. The van der Waals surface area contributed by atoms with Crippen molar-refractivity contribution in [3.63, 3.8) is 0 Å². The van der Waals surface area contributed by atoms with Crippen molar-refractivity contribution >= 4 is 21.7 Å². The molecule has 0 spiro atoms. The maximum absolute atomic E-state index is 5.85. The molecule has 0 aliphatic heterocycles. The van der Waals surface area contributed by atoms with E-state index in [0.29, 0.717) is 17.5 Å². The van der Waals surface area contributed by atoms with Crippen LogP contribution in [-0.4, -0.2) is 22.1 Å². The molecule has 6 heteroatoms. The number of rotatable bonds is 3. The largest absolute Gasteiger partial charge is 0.481 e. The Bertz CT molecular complexity index is 557. The van der Waals surface area contributed by atoms with Crippen molar-refractivity contribution in [2.45, 2.75) is 13.3 Å². The quantitative estimate of drug-likeness (QED) is 0.942. The van der Waals surface area contributed by atoms with Crippen molar-refractivity contribution in [3.8, 4) is 17.3 Å². The second-order valence-electron chi connectivity index (χ2n) is 3.64. The van der Waals surface area contributed by atoms with E-state index in [1.54, 1.807) is 19.4 Å². The molecule has 0 radical (unpaired) electrons. The Morgan fingerprint density at radius 2 is 2.11 bits per heavy atom. The first-order chi connectivity index (χ1) is 8.65. The van der Waals surface area contributed by atoms with Crippen molar-refractivity contribution in [1.82, 2.24) is 15.0 Å². The van der Waals surface area contributed by atoms with Crippen LogP contribution in [-0.2, 0) is 6.42 Å². The lowest BCUT2D eigenvalue weighted by molar-refractivity contribution is 0.398. The van der Waals surface area contributed by atoms with E-state index in [9.17, 15) is 0 Å². The lowest BCUT2D eigenvalue weighted by Gasteiger charge is -2.07. The summed E-state index contributed by atoms with van der Waals surface area (Å²) in [6.45, 7) is 2.02. The highest BCUT2D eigenvalue weighted by Gasteiger charge is 2.10. The number of ether oxygens (including phenoxy) is 1. The van der Waals surface area contributed by atoms with Crippen molar-refractivity contribution in [1.29, 1.82) is 0 Å². The third-order valence-electron chi connectivity index (χ3n) is 2.48. The van der Waals surface area contributed by atoms with Gasteiger partial charge in [-0.15, -0.1) is 0 Å². The number of hydrogen-bond acceptors (Lipinski definition) is 5. The zero-order chi connectivity index (χ0) is 13.1. The molecule has 94 valence electrons. The third kappa shape index (κ3) is 2.43. The molecule has 18 heavy (non-hydrogen) atoms. The number of nitrogens with two attached hydrogens (primary N) is 1. The van der Waals surface area contributed by atoms with E-state index in [1.165, 1.54) is 0 Å². The van der Waals surface area contributed by atoms with E-state index in [0.717, 1.165) is 22.2 Å². The monoisotopic (exact) mass is 308 g/mol. The number of anilines is 1. The van der Waals surface area contributed by atoms with Gasteiger partial charge in [0, 0.05) is 17.8 Å². The molecule has 2 aromatic heterocycles. The second kappa shape index (κ2) is 5.30. The van der Waals surface area contributed by atoms with Crippen molar-refractivity contribution in [3.05, 3.63) is 28.5 Å². The first-order valence-electron chi connectivity index (χ1n) is 5.48. The van der Waals surface area contributed by atoms with E-state index in [1.807, 2.05) is 13.0 Å². The molecule has 5 nitrogen and oxygen atoms in total. The van der Waals surface area contributed by atoms with Gasteiger partial charge in [-0.25, -0.2) is 15.0 Å². The van der Waals surface area contributed by atoms with Crippen LogP contribution in [0.15, 0.2) is 22.8 Å². The van der Waals surface area contributed by atoms with Crippen LogP contribution in [0, 0.1) is 0 Å². The first kappa shape index (κ1) is 12.8. The Kier molecular flexibility index (Phi) is 3.76. The van der Waals surface area contributed by atoms with Gasteiger partial charge >= 0.3 is 0 Å². The fourth-order valence-electron chi connectivity index (χ4n) is 1.51. The summed E-state index contributed by atoms with van der Waals surface area (Å²) in [5.74, 6) is 1.56. The molecule has 2 aromatic rings. The van der Waals surface area contributed by atoms with Gasteiger partial charge in [0.2, 0.25) is 5.88 Å². The van der Waals surface area contributed by atoms with E-state index >= 15 is 0 Å². The molecule has 0 aliphatic carbocycles. The zero-order valence-corrected chi connectivity index (χ0v) is 11.7. The van der Waals surface area contributed by atoms with Gasteiger partial charge in [-0.2, -0.15) is 0 Å². The molecule has 2 heterocycles. The van der Waals surface area contributed by atoms with Gasteiger partial charge < -0.3 is 10.5 Å². The number of halogens is 1. The molecular weight excluding hydrogens is 296 g/mol. The molecule has 0 aliphatic rings. The Morgan fingerprint density at radius 3 is 2.67 bits per heavy atom. The summed E-state index contributed by atoms with van der Waals surface area (Å²) in [4.78, 5) is 12.8. The molecule has 0 unspecified atom stereocenters. The first-order valence-corrected chi connectivity index (χ1v) is 6.27. The van der Waals surface area contributed by atoms with Gasteiger partial charge in [0.1, 0.15) is 5.82 Å². The van der Waals surface area contributed by atoms with Gasteiger partial charge in [-0.1, -0.05) is 6.92 Å². The maximum Gasteiger partial charge on any atom is 0.212 e. The Morgan fingerprint density at radius 1 is 1.33 bits per heavy atom. The zero-order valence-electron chi connectivity index (χ0n) is 10.1. The summed E-state index contributed by atoms with van der Waals surface area (Å²) in [5, 5.41) is 0. The molecule has 0 bridgehead atoms. The lowest BCUT2D eigenvalue weighted by Crippen LogP contribution is -2.02. The number of aromatic nitrogens is 3. The summed E-state index contributed by atoms with van der Waals surface area (Å²) < 4.78 is 5.77. The average Bonchev–Trinajstić information content (AvgIpc) is 2.42. The molecule has 0 saturated heterocycles. The minimum absolute atomic E-state index is 0.438. The summed E-state index contributed by atoms with van der Waals surface area (Å²) in [6, 6.07) is 3.62. The minimum atomic E-state index is 0.438. The summed E-state index contributed by atoms with van der Waals surface area (Å²) in [6.07, 6.45) is 2.45. The third-order valence-corrected chi connectivity index (χ3v) is 3.35. The van der Waals surface area contributed by atoms with Crippen LogP contribution in [0.1, 0.15) is 12.6 Å². The minimum Gasteiger partial charge on any atom is -0.481 e. The Labute approximate surface area is 114 Å². The molecule has 0 aromatic carbocycles. The van der Waals surface area contributed by atoms with Crippen molar-refractivity contribution < 1.29 is 4.74 Å². The number of pyridine rings is 1. The standard InChI is InChI=1S/C12H13BrN4O/c1-3-8-10(13)11(14)17-12(16-8)7-4-5-9(18-2)15-6-7/h4-6H,3H2,1-2H3,(H2,14,16,17). The smallest absolute Gasteiger partial charge is 0.212 e. The van der Waals surface area contributed by atoms with E-state index < -0.39 is 0 Å². The predicted octanol–water partition coefficient (Wildman–Crippen LogP) is 2.45. The summed E-state index contributed by atoms with van der Waals surface area (Å²) in [7, 11) is 1.57. The summed E-state index contributed by atoms with van der Waals surface area (Å²) in [5.41, 5.74) is 7.54. The molecule has 2 rings (SSSR count). The Hall–Kier alpha value is -1.69. The normalized spacial score (nSPS) is 10.4. The average molecular weight is 309 g/mol. The molecular formula is C12H13BrN4O. The SMILES string of the molecule is CCc1nc(-c2ccc(OC)nc2)nc(N)c1Br. The van der Waals surface area contributed by atoms with E-state index in [4.69, 9.17) is 10.5 Å². The molecule has 0 amide bonds. The highest BCUT2D eigenvalue weighted by molar-refractivity contribution is 9.10. The van der Waals surface area contributed by atoms with Gasteiger partial charge in [0.05, 0.1) is 17.3 Å². The van der Waals surface area contributed by atoms with E-state index in [2.05, 4.69) is 30.9 Å². The maximum atomic E-state index is 5.85. The molecule has 2 N–H and O–H groups in total. The van der Waals surface area contributed by atoms with Crippen molar-refractivity contribution in [2.24, 2.45) is 0 Å². The number of hydrogen-bond donors (Lipinski definition) is 1. The number of nitrogens with zero attached hydrogens (tertiary/aromatic N) is 3. The topological polar surface area (TPSA) is 73.9 Å². The van der Waals surface area contributed by atoms with Gasteiger partial charge in [-0.05, 0) is 28.4 Å². The van der Waals surface area contributed by atoms with Crippen LogP contribution >= 0.6 is 15.9 Å². The Balaban J connectivity index is 2.46. The fraction of sp³-hybridized carbons (Fsp3) is 0.250. The van der Waals surface area contributed by atoms with Crippen LogP contribution in [0.5, 0.6) is 5.88 Å². The van der Waals surface area contributed by atoms with Crippen molar-refractivity contribution in [2.75, 3.05) is 12.8 Å². The van der Waals surface area contributed by atoms with Crippen LogP contribution in [0.2, 0.25) is 0 Å². The summed E-state index contributed by atoms with van der Waals surface area (Å²) >= 11 is 3.38. The van der Waals surface area contributed by atoms with E-state index in [-0.39, 0.29) is 0 Å².